The molecule has 1 unspecified atom stereocenters. The minimum Gasteiger partial charge on any atom is -0.378 e. The van der Waals surface area contributed by atoms with Gasteiger partial charge in [-0.2, -0.15) is 0 Å². The van der Waals surface area contributed by atoms with Gasteiger partial charge < -0.3 is 5.32 Å². The van der Waals surface area contributed by atoms with Gasteiger partial charge in [0.05, 0.1) is 0 Å². The van der Waals surface area contributed by atoms with Crippen LogP contribution in [0.4, 0.5) is 5.69 Å². The summed E-state index contributed by atoms with van der Waals surface area (Å²) in [5.74, 6) is 0. The molecular weight excluding hydrogens is 298 g/mol. The van der Waals surface area contributed by atoms with E-state index >= 15 is 0 Å². The highest BCUT2D eigenvalue weighted by atomic mass is 79.9. The van der Waals surface area contributed by atoms with Crippen molar-refractivity contribution >= 4 is 33.2 Å². The van der Waals surface area contributed by atoms with Crippen molar-refractivity contribution < 1.29 is 0 Å². The van der Waals surface area contributed by atoms with Gasteiger partial charge in [-0.3, -0.25) is 0 Å². The largest absolute Gasteiger partial charge is 0.378 e. The van der Waals surface area contributed by atoms with Crippen LogP contribution >= 0.6 is 27.5 Å². The average molecular weight is 311 g/mol. The topological polar surface area (TPSA) is 12.0 Å². The number of hydrogen-bond donors (Lipinski definition) is 1. The Kier molecular flexibility index (Phi) is 4.08. The molecule has 0 aromatic heterocycles. The van der Waals surface area contributed by atoms with Crippen molar-refractivity contribution in [2.24, 2.45) is 0 Å². The van der Waals surface area contributed by atoms with Crippen molar-refractivity contribution in [2.45, 2.75) is 13.0 Å². The van der Waals surface area contributed by atoms with E-state index in [1.54, 1.807) is 0 Å². The maximum atomic E-state index is 6.22. The monoisotopic (exact) mass is 309 g/mol. The normalized spacial score (nSPS) is 12.2. The summed E-state index contributed by atoms with van der Waals surface area (Å²) < 4.78 is 0.998. The zero-order valence-corrected chi connectivity index (χ0v) is 11.8. The van der Waals surface area contributed by atoms with E-state index in [1.165, 1.54) is 0 Å². The molecule has 0 saturated carbocycles. The smallest absolute Gasteiger partial charge is 0.0500 e. The van der Waals surface area contributed by atoms with E-state index in [0.717, 1.165) is 20.7 Å². The SMILES string of the molecule is CC(Nc1ccccc1)c1ccc(Br)cc1Cl. The van der Waals surface area contributed by atoms with Crippen LogP contribution in [0.25, 0.3) is 0 Å². The number of hydrogen-bond acceptors (Lipinski definition) is 1. The molecule has 0 radical (unpaired) electrons. The summed E-state index contributed by atoms with van der Waals surface area (Å²) >= 11 is 9.63. The van der Waals surface area contributed by atoms with E-state index in [1.807, 2.05) is 48.5 Å². The summed E-state index contributed by atoms with van der Waals surface area (Å²) in [5.41, 5.74) is 2.19. The Hall–Kier alpha value is -0.990. The number of anilines is 1. The van der Waals surface area contributed by atoms with Crippen LogP contribution in [-0.4, -0.2) is 0 Å². The van der Waals surface area contributed by atoms with Crippen molar-refractivity contribution in [3.8, 4) is 0 Å². The number of nitrogens with one attached hydrogen (secondary N) is 1. The molecule has 1 nitrogen and oxygen atoms in total. The highest BCUT2D eigenvalue weighted by Gasteiger charge is 2.09. The first-order chi connectivity index (χ1) is 8.16. The second-order valence-corrected chi connectivity index (χ2v) is 5.22. The molecule has 2 aromatic carbocycles. The Bertz CT molecular complexity index is 499. The maximum absolute atomic E-state index is 6.22. The van der Waals surface area contributed by atoms with E-state index in [0.29, 0.717) is 0 Å². The molecule has 0 spiro atoms. The summed E-state index contributed by atoms with van der Waals surface area (Å²) in [4.78, 5) is 0. The Balaban J connectivity index is 2.17. The van der Waals surface area contributed by atoms with E-state index < -0.39 is 0 Å². The molecule has 0 saturated heterocycles. The maximum Gasteiger partial charge on any atom is 0.0500 e. The molecule has 17 heavy (non-hydrogen) atoms. The minimum atomic E-state index is 0.179. The van der Waals surface area contributed by atoms with Crippen LogP contribution in [0.1, 0.15) is 18.5 Å². The first-order valence-electron chi connectivity index (χ1n) is 5.43. The molecule has 0 bridgehead atoms. The summed E-state index contributed by atoms with van der Waals surface area (Å²) in [6, 6.07) is 16.3. The van der Waals surface area contributed by atoms with Gasteiger partial charge in [0.1, 0.15) is 0 Å². The van der Waals surface area contributed by atoms with Crippen LogP contribution in [0.2, 0.25) is 5.02 Å². The summed E-state index contributed by atoms with van der Waals surface area (Å²) in [6.45, 7) is 2.10. The van der Waals surface area contributed by atoms with Crippen LogP contribution < -0.4 is 5.32 Å². The first-order valence-corrected chi connectivity index (χ1v) is 6.60. The molecule has 88 valence electrons. The lowest BCUT2D eigenvalue weighted by Gasteiger charge is -2.17. The number of rotatable bonds is 3. The van der Waals surface area contributed by atoms with E-state index in [9.17, 15) is 0 Å². The number of para-hydroxylation sites is 1. The van der Waals surface area contributed by atoms with Crippen LogP contribution in [0.3, 0.4) is 0 Å². The van der Waals surface area contributed by atoms with Gasteiger partial charge >= 0.3 is 0 Å². The highest BCUT2D eigenvalue weighted by Crippen LogP contribution is 2.28. The van der Waals surface area contributed by atoms with Crippen molar-refractivity contribution in [3.05, 3.63) is 63.6 Å². The van der Waals surface area contributed by atoms with Gasteiger partial charge in [0.25, 0.3) is 0 Å². The quantitative estimate of drug-likeness (QED) is 0.813. The van der Waals surface area contributed by atoms with Gasteiger partial charge in [-0.1, -0.05) is 51.8 Å². The standard InChI is InChI=1S/C14H13BrClN/c1-10(17-12-5-3-2-4-6-12)13-8-7-11(15)9-14(13)16/h2-10,17H,1H3. The van der Waals surface area contributed by atoms with Crippen molar-refractivity contribution in [3.63, 3.8) is 0 Å². The predicted octanol–water partition coefficient (Wildman–Crippen LogP) is 5.28. The molecule has 1 atom stereocenters. The van der Waals surface area contributed by atoms with Gasteiger partial charge in [-0.15, -0.1) is 0 Å². The van der Waals surface area contributed by atoms with Crippen molar-refractivity contribution in [2.75, 3.05) is 5.32 Å². The number of benzene rings is 2. The van der Waals surface area contributed by atoms with Crippen molar-refractivity contribution in [1.82, 2.24) is 0 Å². The van der Waals surface area contributed by atoms with Crippen LogP contribution in [0.15, 0.2) is 53.0 Å². The van der Waals surface area contributed by atoms with Gasteiger partial charge in [0.15, 0.2) is 0 Å². The lowest BCUT2D eigenvalue weighted by Crippen LogP contribution is -2.06. The molecule has 0 fully saturated rings. The Morgan fingerprint density at radius 2 is 1.82 bits per heavy atom. The Morgan fingerprint density at radius 3 is 2.47 bits per heavy atom. The van der Waals surface area contributed by atoms with Crippen LogP contribution in [-0.2, 0) is 0 Å². The van der Waals surface area contributed by atoms with Crippen LogP contribution in [0.5, 0.6) is 0 Å². The number of halogens is 2. The molecule has 2 aromatic rings. The fourth-order valence-corrected chi connectivity index (χ4v) is 2.55. The molecule has 0 aliphatic rings. The zero-order valence-electron chi connectivity index (χ0n) is 9.45. The van der Waals surface area contributed by atoms with E-state index in [4.69, 9.17) is 11.6 Å². The van der Waals surface area contributed by atoms with Gasteiger partial charge in [-0.05, 0) is 36.8 Å². The third kappa shape index (κ3) is 3.24. The fraction of sp³-hybridized carbons (Fsp3) is 0.143. The molecule has 3 heteroatoms. The van der Waals surface area contributed by atoms with E-state index in [-0.39, 0.29) is 6.04 Å². The molecule has 0 amide bonds. The van der Waals surface area contributed by atoms with Gasteiger partial charge in [0, 0.05) is 21.2 Å². The lowest BCUT2D eigenvalue weighted by atomic mass is 10.1. The van der Waals surface area contributed by atoms with E-state index in [2.05, 4.69) is 28.2 Å². The molecular formula is C14H13BrClN. The fourth-order valence-electron chi connectivity index (χ4n) is 1.71. The third-order valence-corrected chi connectivity index (χ3v) is 3.41. The predicted molar refractivity (Wildman–Crippen MR) is 77.6 cm³/mol. The van der Waals surface area contributed by atoms with Crippen molar-refractivity contribution in [1.29, 1.82) is 0 Å². The second kappa shape index (κ2) is 5.56. The Labute approximate surface area is 115 Å². The summed E-state index contributed by atoms with van der Waals surface area (Å²) in [5, 5.41) is 4.19. The average Bonchev–Trinajstić information content (AvgIpc) is 2.30. The first kappa shape index (κ1) is 12.5. The summed E-state index contributed by atoms with van der Waals surface area (Å²) in [7, 11) is 0. The molecule has 0 heterocycles. The molecule has 2 rings (SSSR count). The molecule has 1 N–H and O–H groups in total. The molecule has 0 aliphatic heterocycles. The zero-order chi connectivity index (χ0) is 12.3. The third-order valence-electron chi connectivity index (χ3n) is 2.59. The van der Waals surface area contributed by atoms with Gasteiger partial charge in [0.2, 0.25) is 0 Å². The lowest BCUT2D eigenvalue weighted by molar-refractivity contribution is 0.885. The minimum absolute atomic E-state index is 0.179. The van der Waals surface area contributed by atoms with Gasteiger partial charge in [-0.25, -0.2) is 0 Å². The second-order valence-electron chi connectivity index (χ2n) is 3.90. The summed E-state index contributed by atoms with van der Waals surface area (Å²) in [6.07, 6.45) is 0. The van der Waals surface area contributed by atoms with Crippen LogP contribution in [0, 0.1) is 0 Å². The Morgan fingerprint density at radius 1 is 1.12 bits per heavy atom. The molecule has 0 aliphatic carbocycles. The highest BCUT2D eigenvalue weighted by molar-refractivity contribution is 9.10.